The lowest BCUT2D eigenvalue weighted by Gasteiger charge is -2.14. The topological polar surface area (TPSA) is 38.5 Å². The van der Waals surface area contributed by atoms with Gasteiger partial charge in [0, 0.05) is 20.1 Å². The second-order valence-corrected chi connectivity index (χ2v) is 3.26. The predicted octanol–water partition coefficient (Wildman–Crippen LogP) is 1.18. The van der Waals surface area contributed by atoms with E-state index in [4.69, 9.17) is 10.6 Å². The van der Waals surface area contributed by atoms with Gasteiger partial charge in [0.1, 0.15) is 0 Å². The smallest absolute Gasteiger partial charge is 0.0575 e. The lowest BCUT2D eigenvalue weighted by molar-refractivity contribution is -0.108. The molecule has 0 amide bonds. The van der Waals surface area contributed by atoms with Crippen LogP contribution in [0.1, 0.15) is 11.1 Å². The third-order valence-corrected chi connectivity index (χ3v) is 2.35. The number of nitrogens with zero attached hydrogens (tertiary/aromatic N) is 1. The van der Waals surface area contributed by atoms with Gasteiger partial charge in [-0.25, -0.2) is 0 Å². The second kappa shape index (κ2) is 5.75. The van der Waals surface area contributed by atoms with Gasteiger partial charge >= 0.3 is 0 Å². The first kappa shape index (κ1) is 11.2. The molecule has 0 aliphatic carbocycles. The average molecular weight is 194 g/mol. The highest BCUT2D eigenvalue weighted by molar-refractivity contribution is 5.27. The van der Waals surface area contributed by atoms with Crippen molar-refractivity contribution < 1.29 is 4.84 Å². The molecule has 0 aliphatic rings. The fraction of sp³-hybridized carbons (Fsp3) is 0.455. The average Bonchev–Trinajstić information content (AvgIpc) is 2.26. The largest absolute Gasteiger partial charge is 0.326 e. The summed E-state index contributed by atoms with van der Waals surface area (Å²) in [6.45, 7) is 1.49. The van der Waals surface area contributed by atoms with Crippen molar-refractivity contribution in [2.75, 3.05) is 20.7 Å². The first-order valence-corrected chi connectivity index (χ1v) is 4.80. The summed E-state index contributed by atoms with van der Waals surface area (Å²) < 4.78 is 0. The normalized spacial score (nSPS) is 10.9. The molecule has 0 bridgehead atoms. The van der Waals surface area contributed by atoms with Crippen LogP contribution >= 0.6 is 0 Å². The standard InChI is InChI=1S/C11H18N2O/c1-13(14-2)8-7-10-5-3-4-6-11(10)9-12/h3-6H,7-9,12H2,1-2H3. The van der Waals surface area contributed by atoms with E-state index in [-0.39, 0.29) is 0 Å². The highest BCUT2D eigenvalue weighted by Gasteiger charge is 2.01. The van der Waals surface area contributed by atoms with E-state index in [0.717, 1.165) is 13.0 Å². The molecule has 78 valence electrons. The van der Waals surface area contributed by atoms with E-state index >= 15 is 0 Å². The van der Waals surface area contributed by atoms with Crippen molar-refractivity contribution in [3.63, 3.8) is 0 Å². The molecule has 1 aromatic rings. The van der Waals surface area contributed by atoms with E-state index in [2.05, 4.69) is 12.1 Å². The van der Waals surface area contributed by atoms with Crippen molar-refractivity contribution in [1.82, 2.24) is 5.06 Å². The maximum absolute atomic E-state index is 5.64. The minimum Gasteiger partial charge on any atom is -0.326 e. The van der Waals surface area contributed by atoms with Gasteiger partial charge in [0.25, 0.3) is 0 Å². The Morgan fingerprint density at radius 2 is 1.93 bits per heavy atom. The number of hydrogen-bond donors (Lipinski definition) is 1. The highest BCUT2D eigenvalue weighted by atomic mass is 16.7. The van der Waals surface area contributed by atoms with Crippen molar-refractivity contribution in [3.05, 3.63) is 35.4 Å². The molecule has 0 saturated carbocycles. The molecule has 0 spiro atoms. The van der Waals surface area contributed by atoms with E-state index in [0.29, 0.717) is 6.54 Å². The zero-order valence-electron chi connectivity index (χ0n) is 8.86. The van der Waals surface area contributed by atoms with E-state index in [1.165, 1.54) is 11.1 Å². The summed E-state index contributed by atoms with van der Waals surface area (Å²) >= 11 is 0. The van der Waals surface area contributed by atoms with Crippen LogP contribution in [0, 0.1) is 0 Å². The maximum Gasteiger partial charge on any atom is 0.0575 e. The molecule has 0 saturated heterocycles. The molecule has 1 rings (SSSR count). The van der Waals surface area contributed by atoms with Crippen molar-refractivity contribution in [1.29, 1.82) is 0 Å². The predicted molar refractivity (Wildman–Crippen MR) is 57.7 cm³/mol. The summed E-state index contributed by atoms with van der Waals surface area (Å²) in [6.07, 6.45) is 0.970. The zero-order valence-corrected chi connectivity index (χ0v) is 8.86. The molecule has 2 N–H and O–H groups in total. The van der Waals surface area contributed by atoms with E-state index in [1.54, 1.807) is 7.11 Å². The molecule has 14 heavy (non-hydrogen) atoms. The SMILES string of the molecule is CON(C)CCc1ccccc1CN. The van der Waals surface area contributed by atoms with Crippen LogP contribution in [0.5, 0.6) is 0 Å². The molecule has 0 fully saturated rings. The third kappa shape index (κ3) is 3.10. The lowest BCUT2D eigenvalue weighted by Crippen LogP contribution is -2.20. The van der Waals surface area contributed by atoms with Crippen LogP contribution in [-0.4, -0.2) is 25.8 Å². The van der Waals surface area contributed by atoms with Crippen LogP contribution in [-0.2, 0) is 17.8 Å². The van der Waals surface area contributed by atoms with Gasteiger partial charge in [0.2, 0.25) is 0 Å². The summed E-state index contributed by atoms with van der Waals surface area (Å²) in [5.74, 6) is 0. The second-order valence-electron chi connectivity index (χ2n) is 3.26. The van der Waals surface area contributed by atoms with Gasteiger partial charge in [-0.05, 0) is 17.5 Å². The Balaban J connectivity index is 2.57. The van der Waals surface area contributed by atoms with Crippen molar-refractivity contribution >= 4 is 0 Å². The van der Waals surface area contributed by atoms with Gasteiger partial charge in [-0.1, -0.05) is 24.3 Å². The molecule has 0 atom stereocenters. The first-order chi connectivity index (χ1) is 6.77. The van der Waals surface area contributed by atoms with Crippen LogP contribution < -0.4 is 5.73 Å². The van der Waals surface area contributed by atoms with Crippen LogP contribution in [0.3, 0.4) is 0 Å². The summed E-state index contributed by atoms with van der Waals surface area (Å²) in [5, 5.41) is 1.81. The molecule has 3 heteroatoms. The first-order valence-electron chi connectivity index (χ1n) is 4.80. The lowest BCUT2D eigenvalue weighted by atomic mass is 10.0. The summed E-state index contributed by atoms with van der Waals surface area (Å²) in [5.41, 5.74) is 8.17. The highest BCUT2D eigenvalue weighted by Crippen LogP contribution is 2.08. The number of rotatable bonds is 5. The fourth-order valence-corrected chi connectivity index (χ4v) is 1.37. The van der Waals surface area contributed by atoms with Crippen LogP contribution in [0.15, 0.2) is 24.3 Å². The van der Waals surface area contributed by atoms with Crippen LogP contribution in [0.25, 0.3) is 0 Å². The number of benzene rings is 1. The monoisotopic (exact) mass is 194 g/mol. The zero-order chi connectivity index (χ0) is 10.4. The molecule has 0 unspecified atom stereocenters. The number of hydrogen-bond acceptors (Lipinski definition) is 3. The van der Waals surface area contributed by atoms with Crippen molar-refractivity contribution in [2.24, 2.45) is 5.73 Å². The third-order valence-electron chi connectivity index (χ3n) is 2.35. The summed E-state index contributed by atoms with van der Waals surface area (Å²) in [6, 6.07) is 8.25. The molecule has 0 aliphatic heterocycles. The van der Waals surface area contributed by atoms with E-state index in [1.807, 2.05) is 24.2 Å². The molecular formula is C11H18N2O. The van der Waals surface area contributed by atoms with Gasteiger partial charge in [-0.15, -0.1) is 0 Å². The maximum atomic E-state index is 5.64. The number of nitrogens with two attached hydrogens (primary N) is 1. The fourth-order valence-electron chi connectivity index (χ4n) is 1.37. The van der Waals surface area contributed by atoms with Gasteiger partial charge in [-0.3, -0.25) is 0 Å². The molecule has 0 heterocycles. The Kier molecular flexibility index (Phi) is 4.59. The van der Waals surface area contributed by atoms with Gasteiger partial charge in [-0.2, -0.15) is 5.06 Å². The van der Waals surface area contributed by atoms with E-state index < -0.39 is 0 Å². The van der Waals surface area contributed by atoms with Crippen LogP contribution in [0.4, 0.5) is 0 Å². The van der Waals surface area contributed by atoms with Crippen molar-refractivity contribution in [2.45, 2.75) is 13.0 Å². The quantitative estimate of drug-likeness (QED) is 0.715. The molecule has 3 nitrogen and oxygen atoms in total. The van der Waals surface area contributed by atoms with Gasteiger partial charge in [0.15, 0.2) is 0 Å². The summed E-state index contributed by atoms with van der Waals surface area (Å²) in [7, 11) is 3.60. The Bertz CT molecular complexity index is 276. The van der Waals surface area contributed by atoms with Crippen LogP contribution in [0.2, 0.25) is 0 Å². The van der Waals surface area contributed by atoms with Gasteiger partial charge < -0.3 is 10.6 Å². The molecular weight excluding hydrogens is 176 g/mol. The minimum absolute atomic E-state index is 0.604. The number of hydroxylamine groups is 2. The van der Waals surface area contributed by atoms with E-state index in [9.17, 15) is 0 Å². The van der Waals surface area contributed by atoms with Crippen molar-refractivity contribution in [3.8, 4) is 0 Å². The Morgan fingerprint density at radius 3 is 2.50 bits per heavy atom. The molecule has 0 aromatic heterocycles. The summed E-state index contributed by atoms with van der Waals surface area (Å²) in [4.78, 5) is 5.05. The Labute approximate surface area is 85.4 Å². The minimum atomic E-state index is 0.604. The Hall–Kier alpha value is -0.900. The molecule has 1 aromatic carbocycles. The Morgan fingerprint density at radius 1 is 1.29 bits per heavy atom. The number of likely N-dealkylation sites (N-methyl/N-ethyl adjacent to an activating group) is 1. The molecule has 0 radical (unpaired) electrons. The van der Waals surface area contributed by atoms with Gasteiger partial charge in [0.05, 0.1) is 7.11 Å².